The first kappa shape index (κ1) is 11.9. The van der Waals surface area contributed by atoms with Gasteiger partial charge in [-0.1, -0.05) is 54.6 Å². The molecular formula is C19H12O2. The molecular weight excluding hydrogens is 260 g/mol. The van der Waals surface area contributed by atoms with Crippen molar-refractivity contribution in [2.45, 2.75) is 0 Å². The summed E-state index contributed by atoms with van der Waals surface area (Å²) in [6.45, 7) is 0. The molecule has 2 heteroatoms. The van der Waals surface area contributed by atoms with Gasteiger partial charge in [-0.25, -0.2) is 4.79 Å². The Balaban J connectivity index is 2.22. The first-order chi connectivity index (χ1) is 10.3. The van der Waals surface area contributed by atoms with Crippen molar-refractivity contribution in [3.8, 4) is 11.1 Å². The molecule has 0 spiro atoms. The standard InChI is InChI=1S/C19H12O2/c20-18-11-10-16-17(13-6-2-1-3-7-13)12-14-8-4-5-9-15(14)19(16)21-18/h1-12H. The molecule has 100 valence electrons. The highest BCUT2D eigenvalue weighted by Gasteiger charge is 2.10. The maximum atomic E-state index is 11.6. The Morgan fingerprint density at radius 2 is 1.48 bits per heavy atom. The maximum absolute atomic E-state index is 11.6. The predicted octanol–water partition coefficient (Wildman–Crippen LogP) is 4.61. The second-order valence-corrected chi connectivity index (χ2v) is 5.01. The van der Waals surface area contributed by atoms with Crippen molar-refractivity contribution in [3.05, 3.63) is 83.2 Å². The fourth-order valence-electron chi connectivity index (χ4n) is 2.75. The van der Waals surface area contributed by atoms with Crippen LogP contribution in [0.1, 0.15) is 0 Å². The van der Waals surface area contributed by atoms with Crippen molar-refractivity contribution in [1.82, 2.24) is 0 Å². The topological polar surface area (TPSA) is 30.2 Å². The molecule has 1 aromatic heterocycles. The molecule has 0 fully saturated rings. The van der Waals surface area contributed by atoms with Crippen molar-refractivity contribution in [2.75, 3.05) is 0 Å². The molecule has 3 aromatic carbocycles. The van der Waals surface area contributed by atoms with Crippen molar-refractivity contribution >= 4 is 21.7 Å². The third-order valence-corrected chi connectivity index (χ3v) is 3.71. The van der Waals surface area contributed by atoms with Crippen LogP contribution in [0.4, 0.5) is 0 Å². The van der Waals surface area contributed by atoms with Crippen LogP contribution in [0.5, 0.6) is 0 Å². The fourth-order valence-corrected chi connectivity index (χ4v) is 2.75. The Morgan fingerprint density at radius 3 is 2.33 bits per heavy atom. The highest BCUT2D eigenvalue weighted by atomic mass is 16.4. The normalized spacial score (nSPS) is 11.0. The SMILES string of the molecule is O=c1ccc2c(-c3ccccc3)cc3ccccc3c2o1. The van der Waals surface area contributed by atoms with Gasteiger partial charge in [0.1, 0.15) is 5.58 Å². The number of fused-ring (bicyclic) bond motifs is 3. The van der Waals surface area contributed by atoms with Gasteiger partial charge in [-0.3, -0.25) is 0 Å². The average molecular weight is 272 g/mol. The lowest BCUT2D eigenvalue weighted by molar-refractivity contribution is 0.564. The summed E-state index contributed by atoms with van der Waals surface area (Å²) in [6.07, 6.45) is 0. The lowest BCUT2D eigenvalue weighted by Crippen LogP contribution is -1.96. The van der Waals surface area contributed by atoms with Crippen LogP contribution in [0.3, 0.4) is 0 Å². The summed E-state index contributed by atoms with van der Waals surface area (Å²) < 4.78 is 5.48. The van der Waals surface area contributed by atoms with Crippen LogP contribution in [-0.4, -0.2) is 0 Å². The fraction of sp³-hybridized carbons (Fsp3) is 0. The van der Waals surface area contributed by atoms with Gasteiger partial charge in [0.25, 0.3) is 0 Å². The Labute approximate surface area is 121 Å². The monoisotopic (exact) mass is 272 g/mol. The number of rotatable bonds is 1. The van der Waals surface area contributed by atoms with Gasteiger partial charge in [0.15, 0.2) is 0 Å². The van der Waals surface area contributed by atoms with E-state index in [9.17, 15) is 4.79 Å². The minimum absolute atomic E-state index is 0.321. The summed E-state index contributed by atoms with van der Waals surface area (Å²) in [4.78, 5) is 11.6. The van der Waals surface area contributed by atoms with Gasteiger partial charge in [-0.2, -0.15) is 0 Å². The van der Waals surface area contributed by atoms with Crippen molar-refractivity contribution < 1.29 is 4.42 Å². The van der Waals surface area contributed by atoms with Crippen LogP contribution in [-0.2, 0) is 0 Å². The van der Waals surface area contributed by atoms with Crippen LogP contribution in [0.15, 0.2) is 82.0 Å². The van der Waals surface area contributed by atoms with Gasteiger partial charge in [-0.05, 0) is 28.6 Å². The highest BCUT2D eigenvalue weighted by Crippen LogP contribution is 2.33. The van der Waals surface area contributed by atoms with Gasteiger partial charge in [0.05, 0.1) is 0 Å². The quantitative estimate of drug-likeness (QED) is 0.374. The van der Waals surface area contributed by atoms with E-state index in [-0.39, 0.29) is 5.63 Å². The summed E-state index contributed by atoms with van der Waals surface area (Å²) in [5, 5.41) is 2.99. The van der Waals surface area contributed by atoms with Crippen molar-refractivity contribution in [2.24, 2.45) is 0 Å². The van der Waals surface area contributed by atoms with E-state index < -0.39 is 0 Å². The summed E-state index contributed by atoms with van der Waals surface area (Å²) >= 11 is 0. The molecule has 0 aliphatic heterocycles. The van der Waals surface area contributed by atoms with Crippen LogP contribution < -0.4 is 5.63 Å². The third kappa shape index (κ3) is 1.93. The number of hydrogen-bond donors (Lipinski definition) is 0. The van der Waals surface area contributed by atoms with E-state index in [1.54, 1.807) is 0 Å². The second kappa shape index (κ2) is 4.60. The Bertz CT molecular complexity index is 998. The molecule has 0 amide bonds. The molecule has 0 aliphatic carbocycles. The minimum atomic E-state index is -0.321. The molecule has 4 aromatic rings. The van der Waals surface area contributed by atoms with Gasteiger partial charge in [0, 0.05) is 16.8 Å². The van der Waals surface area contributed by atoms with E-state index in [0.29, 0.717) is 5.58 Å². The zero-order valence-corrected chi connectivity index (χ0v) is 11.2. The summed E-state index contributed by atoms with van der Waals surface area (Å²) in [5.74, 6) is 0. The van der Waals surface area contributed by atoms with Crippen molar-refractivity contribution in [3.63, 3.8) is 0 Å². The van der Waals surface area contributed by atoms with Gasteiger partial charge in [-0.15, -0.1) is 0 Å². The zero-order chi connectivity index (χ0) is 14.2. The van der Waals surface area contributed by atoms with Crippen molar-refractivity contribution in [1.29, 1.82) is 0 Å². The van der Waals surface area contributed by atoms with Crippen LogP contribution in [0.25, 0.3) is 32.9 Å². The Morgan fingerprint density at radius 1 is 0.714 bits per heavy atom. The predicted molar refractivity (Wildman–Crippen MR) is 85.4 cm³/mol. The molecule has 0 N–H and O–H groups in total. The molecule has 1 heterocycles. The van der Waals surface area contributed by atoms with E-state index >= 15 is 0 Å². The molecule has 0 radical (unpaired) electrons. The Hall–Kier alpha value is -2.87. The number of hydrogen-bond acceptors (Lipinski definition) is 2. The molecule has 0 saturated carbocycles. The average Bonchev–Trinajstić information content (AvgIpc) is 2.55. The van der Waals surface area contributed by atoms with Gasteiger partial charge in [0.2, 0.25) is 0 Å². The molecule has 0 aliphatic rings. The van der Waals surface area contributed by atoms with Crippen LogP contribution in [0, 0.1) is 0 Å². The van der Waals surface area contributed by atoms with E-state index in [1.807, 2.05) is 48.5 Å². The first-order valence-electron chi connectivity index (χ1n) is 6.84. The number of benzene rings is 3. The lowest BCUT2D eigenvalue weighted by Gasteiger charge is -2.09. The summed E-state index contributed by atoms with van der Waals surface area (Å²) in [6, 6.07) is 23.6. The molecule has 0 saturated heterocycles. The smallest absolute Gasteiger partial charge is 0.336 e. The lowest BCUT2D eigenvalue weighted by atomic mass is 9.96. The van der Waals surface area contributed by atoms with E-state index in [4.69, 9.17) is 4.42 Å². The van der Waals surface area contributed by atoms with Crippen LogP contribution in [0.2, 0.25) is 0 Å². The summed E-state index contributed by atoms with van der Waals surface area (Å²) in [7, 11) is 0. The largest absolute Gasteiger partial charge is 0.422 e. The van der Waals surface area contributed by atoms with E-state index in [2.05, 4.69) is 18.2 Å². The third-order valence-electron chi connectivity index (χ3n) is 3.71. The highest BCUT2D eigenvalue weighted by molar-refractivity contribution is 6.10. The van der Waals surface area contributed by atoms with E-state index in [0.717, 1.165) is 27.3 Å². The first-order valence-corrected chi connectivity index (χ1v) is 6.84. The second-order valence-electron chi connectivity index (χ2n) is 5.01. The molecule has 21 heavy (non-hydrogen) atoms. The summed E-state index contributed by atoms with van der Waals surface area (Å²) in [5.41, 5.74) is 2.52. The zero-order valence-electron chi connectivity index (χ0n) is 11.2. The molecule has 0 bridgehead atoms. The Kier molecular flexibility index (Phi) is 2.61. The minimum Gasteiger partial charge on any atom is -0.422 e. The van der Waals surface area contributed by atoms with Crippen LogP contribution >= 0.6 is 0 Å². The van der Waals surface area contributed by atoms with E-state index in [1.165, 1.54) is 6.07 Å². The molecule has 2 nitrogen and oxygen atoms in total. The maximum Gasteiger partial charge on any atom is 0.336 e. The molecule has 0 unspecified atom stereocenters. The molecule has 0 atom stereocenters. The van der Waals surface area contributed by atoms with Gasteiger partial charge < -0.3 is 4.42 Å². The molecule has 4 rings (SSSR count). The van der Waals surface area contributed by atoms with Gasteiger partial charge >= 0.3 is 5.63 Å².